The number of carbonyl (C=O) groups excluding carboxylic acids is 2. The number of primary amides is 1. The molecule has 1 fully saturated rings. The van der Waals surface area contributed by atoms with Crippen LogP contribution in [0.1, 0.15) is 10.5 Å². The lowest BCUT2D eigenvalue weighted by Gasteiger charge is -2.32. The van der Waals surface area contributed by atoms with E-state index in [1.54, 1.807) is 0 Å². The van der Waals surface area contributed by atoms with Crippen molar-refractivity contribution in [2.45, 2.75) is 6.04 Å². The standard InChI is InChI=1S/C15H14FN3O4/c16-10-3-1-9(2-4-10)13-7-11(18-23-13)15(21)19-5-6-22-8-12(19)14(17)20/h1-4,7,12H,5-6,8H2,(H2,17,20). The fourth-order valence-corrected chi connectivity index (χ4v) is 2.36. The van der Waals surface area contributed by atoms with Crippen LogP contribution in [0.3, 0.4) is 0 Å². The molecule has 3 rings (SSSR count). The average molecular weight is 319 g/mol. The second-order valence-electron chi connectivity index (χ2n) is 5.07. The highest BCUT2D eigenvalue weighted by Crippen LogP contribution is 2.22. The van der Waals surface area contributed by atoms with Crippen molar-refractivity contribution in [1.82, 2.24) is 10.1 Å². The van der Waals surface area contributed by atoms with E-state index in [-0.39, 0.29) is 24.7 Å². The van der Waals surface area contributed by atoms with Gasteiger partial charge in [-0.2, -0.15) is 0 Å². The van der Waals surface area contributed by atoms with E-state index < -0.39 is 17.9 Å². The van der Waals surface area contributed by atoms with Gasteiger partial charge in [-0.15, -0.1) is 0 Å². The first-order valence-corrected chi connectivity index (χ1v) is 6.97. The summed E-state index contributed by atoms with van der Waals surface area (Å²) in [6, 6.07) is 6.22. The number of ether oxygens (including phenoxy) is 1. The van der Waals surface area contributed by atoms with Gasteiger partial charge >= 0.3 is 0 Å². The minimum absolute atomic E-state index is 0.0532. The van der Waals surface area contributed by atoms with Crippen LogP contribution in [0, 0.1) is 5.82 Å². The summed E-state index contributed by atoms with van der Waals surface area (Å²) in [4.78, 5) is 25.2. The lowest BCUT2D eigenvalue weighted by Crippen LogP contribution is -2.54. The van der Waals surface area contributed by atoms with Crippen molar-refractivity contribution >= 4 is 11.8 Å². The summed E-state index contributed by atoms with van der Waals surface area (Å²) in [5, 5.41) is 3.73. The van der Waals surface area contributed by atoms with Gasteiger partial charge in [0.05, 0.1) is 13.2 Å². The molecule has 1 aromatic carbocycles. The molecule has 1 aromatic heterocycles. The molecule has 2 N–H and O–H groups in total. The topological polar surface area (TPSA) is 98.7 Å². The second-order valence-corrected chi connectivity index (χ2v) is 5.07. The van der Waals surface area contributed by atoms with Crippen molar-refractivity contribution in [2.24, 2.45) is 5.73 Å². The highest BCUT2D eigenvalue weighted by atomic mass is 19.1. The molecule has 8 heteroatoms. The molecule has 0 aliphatic carbocycles. The summed E-state index contributed by atoms with van der Waals surface area (Å²) in [5.74, 6) is -1.14. The molecule has 2 heterocycles. The van der Waals surface area contributed by atoms with Gasteiger partial charge in [-0.1, -0.05) is 5.16 Å². The van der Waals surface area contributed by atoms with Gasteiger partial charge in [0.15, 0.2) is 11.5 Å². The molecule has 2 aromatic rings. The number of benzene rings is 1. The van der Waals surface area contributed by atoms with Gasteiger partial charge in [-0.3, -0.25) is 9.59 Å². The van der Waals surface area contributed by atoms with Crippen LogP contribution in [-0.4, -0.2) is 47.7 Å². The van der Waals surface area contributed by atoms with E-state index in [1.807, 2.05) is 0 Å². The number of hydrogen-bond acceptors (Lipinski definition) is 5. The summed E-state index contributed by atoms with van der Waals surface area (Å²) in [7, 11) is 0. The third kappa shape index (κ3) is 3.07. The quantitative estimate of drug-likeness (QED) is 0.902. The zero-order valence-corrected chi connectivity index (χ0v) is 12.1. The van der Waals surface area contributed by atoms with Crippen LogP contribution in [0.25, 0.3) is 11.3 Å². The highest BCUT2D eigenvalue weighted by molar-refractivity contribution is 5.96. The molecule has 1 aliphatic rings. The van der Waals surface area contributed by atoms with Crippen molar-refractivity contribution in [3.63, 3.8) is 0 Å². The summed E-state index contributed by atoms with van der Waals surface area (Å²) < 4.78 is 23.2. The molecule has 1 atom stereocenters. The van der Waals surface area contributed by atoms with Gasteiger partial charge in [0.25, 0.3) is 5.91 Å². The summed E-state index contributed by atoms with van der Waals surface area (Å²) >= 11 is 0. The van der Waals surface area contributed by atoms with E-state index in [0.29, 0.717) is 17.9 Å². The Labute approximate surface area is 130 Å². The van der Waals surface area contributed by atoms with Crippen molar-refractivity contribution in [3.05, 3.63) is 41.8 Å². The van der Waals surface area contributed by atoms with E-state index in [9.17, 15) is 14.0 Å². The molecule has 1 unspecified atom stereocenters. The van der Waals surface area contributed by atoms with E-state index in [4.69, 9.17) is 15.0 Å². The molecular weight excluding hydrogens is 305 g/mol. The first-order chi connectivity index (χ1) is 11.1. The maximum Gasteiger partial charge on any atom is 0.276 e. The first-order valence-electron chi connectivity index (χ1n) is 6.97. The monoisotopic (exact) mass is 319 g/mol. The zero-order valence-electron chi connectivity index (χ0n) is 12.1. The number of nitrogens with zero attached hydrogens (tertiary/aromatic N) is 2. The first kappa shape index (κ1) is 15.2. The summed E-state index contributed by atoms with van der Waals surface area (Å²) in [6.07, 6.45) is 0. The van der Waals surface area contributed by atoms with E-state index in [2.05, 4.69) is 5.16 Å². The number of halogens is 1. The van der Waals surface area contributed by atoms with Crippen LogP contribution in [0.15, 0.2) is 34.9 Å². The molecule has 7 nitrogen and oxygen atoms in total. The van der Waals surface area contributed by atoms with Gasteiger partial charge < -0.3 is 19.9 Å². The molecule has 2 amide bonds. The molecule has 0 spiro atoms. The minimum atomic E-state index is -0.831. The Morgan fingerprint density at radius 1 is 1.30 bits per heavy atom. The van der Waals surface area contributed by atoms with Crippen molar-refractivity contribution in [3.8, 4) is 11.3 Å². The Bertz CT molecular complexity index is 729. The third-order valence-electron chi connectivity index (χ3n) is 3.58. The molecule has 1 saturated heterocycles. The Morgan fingerprint density at radius 3 is 2.74 bits per heavy atom. The largest absolute Gasteiger partial charge is 0.377 e. The minimum Gasteiger partial charge on any atom is -0.377 e. The number of morpholine rings is 1. The third-order valence-corrected chi connectivity index (χ3v) is 3.58. The van der Waals surface area contributed by atoms with Crippen LogP contribution in [0.4, 0.5) is 4.39 Å². The molecule has 0 bridgehead atoms. The molecule has 0 radical (unpaired) electrons. The van der Waals surface area contributed by atoms with Crippen molar-refractivity contribution < 1.29 is 23.2 Å². The molecule has 1 aliphatic heterocycles. The van der Waals surface area contributed by atoms with Gasteiger partial charge in [-0.05, 0) is 24.3 Å². The number of nitrogens with two attached hydrogens (primary N) is 1. The van der Waals surface area contributed by atoms with Crippen LogP contribution < -0.4 is 5.73 Å². The van der Waals surface area contributed by atoms with Gasteiger partial charge in [0.2, 0.25) is 5.91 Å². The highest BCUT2D eigenvalue weighted by Gasteiger charge is 2.33. The molecule has 120 valence electrons. The van der Waals surface area contributed by atoms with E-state index in [0.717, 1.165) is 0 Å². The van der Waals surface area contributed by atoms with Crippen LogP contribution >= 0.6 is 0 Å². The Hall–Kier alpha value is -2.74. The summed E-state index contributed by atoms with van der Waals surface area (Å²) in [6.45, 7) is 0.618. The Morgan fingerprint density at radius 2 is 2.04 bits per heavy atom. The zero-order chi connectivity index (χ0) is 16.4. The van der Waals surface area contributed by atoms with Crippen molar-refractivity contribution in [1.29, 1.82) is 0 Å². The van der Waals surface area contributed by atoms with E-state index in [1.165, 1.54) is 35.2 Å². The lowest BCUT2D eigenvalue weighted by atomic mass is 10.1. The predicted molar refractivity (Wildman–Crippen MR) is 76.7 cm³/mol. The smallest absolute Gasteiger partial charge is 0.276 e. The van der Waals surface area contributed by atoms with Gasteiger partial charge in [-0.25, -0.2) is 4.39 Å². The maximum atomic E-state index is 12.9. The SMILES string of the molecule is NC(=O)C1COCCN1C(=O)c1cc(-c2ccc(F)cc2)on1. The van der Waals surface area contributed by atoms with Crippen LogP contribution in [-0.2, 0) is 9.53 Å². The van der Waals surface area contributed by atoms with Crippen LogP contribution in [0.2, 0.25) is 0 Å². The van der Waals surface area contributed by atoms with E-state index >= 15 is 0 Å². The Balaban J connectivity index is 1.83. The van der Waals surface area contributed by atoms with Gasteiger partial charge in [0, 0.05) is 18.2 Å². The fraction of sp³-hybridized carbons (Fsp3) is 0.267. The lowest BCUT2D eigenvalue weighted by molar-refractivity contribution is -0.127. The molecular formula is C15H14FN3O4. The number of rotatable bonds is 3. The molecule has 23 heavy (non-hydrogen) atoms. The predicted octanol–water partition coefficient (Wildman–Crippen LogP) is 0.807. The number of hydrogen-bond donors (Lipinski definition) is 1. The number of amides is 2. The normalized spacial score (nSPS) is 18.0. The summed E-state index contributed by atoms with van der Waals surface area (Å²) in [5.41, 5.74) is 5.93. The Kier molecular flexibility index (Phi) is 4.07. The molecule has 0 saturated carbocycles. The second kappa shape index (κ2) is 6.17. The van der Waals surface area contributed by atoms with Crippen molar-refractivity contribution in [2.75, 3.05) is 19.8 Å². The maximum absolute atomic E-state index is 12.9. The number of carbonyl (C=O) groups is 2. The fourth-order valence-electron chi connectivity index (χ4n) is 2.36. The average Bonchev–Trinajstić information content (AvgIpc) is 3.04. The van der Waals surface area contributed by atoms with Gasteiger partial charge in [0.1, 0.15) is 11.9 Å². The number of aromatic nitrogens is 1. The van der Waals surface area contributed by atoms with Crippen LogP contribution in [0.5, 0.6) is 0 Å².